The maximum Gasteiger partial charge on any atom is 0.137 e. The Morgan fingerprint density at radius 3 is 2.41 bits per heavy atom. The molecular formula is C20H24N2. The highest BCUT2D eigenvalue weighted by atomic mass is 15.0. The number of fused-ring (bicyclic) bond motifs is 1. The summed E-state index contributed by atoms with van der Waals surface area (Å²) in [5.41, 5.74) is 7.59. The number of rotatable bonds is 3. The molecule has 2 heteroatoms. The van der Waals surface area contributed by atoms with Crippen LogP contribution < -0.4 is 0 Å². The van der Waals surface area contributed by atoms with Crippen molar-refractivity contribution in [3.05, 3.63) is 59.4 Å². The Balaban J connectivity index is 2.27. The van der Waals surface area contributed by atoms with Crippen LogP contribution in [0, 0.1) is 6.92 Å². The van der Waals surface area contributed by atoms with Crippen LogP contribution in [0.25, 0.3) is 16.9 Å². The second-order valence-corrected chi connectivity index (χ2v) is 6.68. The summed E-state index contributed by atoms with van der Waals surface area (Å²) in [6.07, 6.45) is 4.23. The molecule has 2 heterocycles. The lowest BCUT2D eigenvalue weighted by molar-refractivity contribution is 0.850. The Morgan fingerprint density at radius 2 is 1.73 bits per heavy atom. The number of benzene rings is 1. The van der Waals surface area contributed by atoms with Crippen molar-refractivity contribution in [3.63, 3.8) is 0 Å². The third kappa shape index (κ3) is 2.43. The number of hydrogen-bond acceptors (Lipinski definition) is 1. The van der Waals surface area contributed by atoms with E-state index in [9.17, 15) is 0 Å². The highest BCUT2D eigenvalue weighted by Gasteiger charge is 2.15. The van der Waals surface area contributed by atoms with Crippen LogP contribution in [0.1, 0.15) is 56.2 Å². The zero-order valence-corrected chi connectivity index (χ0v) is 14.1. The van der Waals surface area contributed by atoms with Crippen molar-refractivity contribution in [2.45, 2.75) is 46.5 Å². The minimum Gasteiger partial charge on any atom is -0.299 e. The Labute approximate surface area is 132 Å². The first-order valence-electron chi connectivity index (χ1n) is 8.06. The molecule has 0 aliphatic carbocycles. The maximum absolute atomic E-state index is 4.59. The fourth-order valence-electron chi connectivity index (χ4n) is 3.21. The lowest BCUT2D eigenvalue weighted by Crippen LogP contribution is -1.99. The molecule has 0 atom stereocenters. The molecule has 0 unspecified atom stereocenters. The van der Waals surface area contributed by atoms with Crippen molar-refractivity contribution >= 4 is 5.65 Å². The summed E-state index contributed by atoms with van der Waals surface area (Å²) in [6, 6.07) is 10.8. The fraction of sp³-hybridized carbons (Fsp3) is 0.350. The number of imidazole rings is 1. The zero-order valence-electron chi connectivity index (χ0n) is 14.1. The van der Waals surface area contributed by atoms with Crippen molar-refractivity contribution in [2.75, 3.05) is 0 Å². The van der Waals surface area contributed by atoms with Gasteiger partial charge in [-0.05, 0) is 41.5 Å². The second-order valence-electron chi connectivity index (χ2n) is 6.68. The number of pyridine rings is 1. The largest absolute Gasteiger partial charge is 0.299 e. The highest BCUT2D eigenvalue weighted by Crippen LogP contribution is 2.32. The summed E-state index contributed by atoms with van der Waals surface area (Å²) < 4.78 is 2.23. The quantitative estimate of drug-likeness (QED) is 0.618. The Hall–Kier alpha value is -2.09. The van der Waals surface area contributed by atoms with Gasteiger partial charge in [0.05, 0.1) is 11.9 Å². The molecule has 0 saturated heterocycles. The molecule has 0 aliphatic rings. The van der Waals surface area contributed by atoms with Crippen molar-refractivity contribution < 1.29 is 0 Å². The molecule has 2 aromatic heterocycles. The number of nitrogens with zero attached hydrogens (tertiary/aromatic N) is 2. The van der Waals surface area contributed by atoms with Gasteiger partial charge in [-0.15, -0.1) is 0 Å². The minimum atomic E-state index is 0.495. The average Bonchev–Trinajstić information content (AvgIpc) is 2.89. The molecule has 0 radical (unpaired) electrons. The molecule has 0 saturated carbocycles. The Bertz CT molecular complexity index is 810. The van der Waals surface area contributed by atoms with E-state index in [0.717, 1.165) is 5.65 Å². The van der Waals surface area contributed by atoms with E-state index < -0.39 is 0 Å². The van der Waals surface area contributed by atoms with Crippen LogP contribution in [0.4, 0.5) is 0 Å². The summed E-state index contributed by atoms with van der Waals surface area (Å²) in [5, 5.41) is 0. The van der Waals surface area contributed by atoms with Crippen LogP contribution >= 0.6 is 0 Å². The Kier molecular flexibility index (Phi) is 3.78. The maximum atomic E-state index is 4.59. The molecule has 22 heavy (non-hydrogen) atoms. The molecule has 0 bridgehead atoms. The lowest BCUT2D eigenvalue weighted by Gasteiger charge is -2.16. The standard InChI is InChI=1S/C20H24N2/c1-13(2)16-9-10-19-21-11-18(22(19)12-16)17-8-6-7-15(5)20(17)14(3)4/h6-14H,1-5H3. The third-order valence-electron chi connectivity index (χ3n) is 4.37. The van der Waals surface area contributed by atoms with E-state index in [1.165, 1.54) is 27.9 Å². The van der Waals surface area contributed by atoms with Crippen LogP contribution in [0.15, 0.2) is 42.7 Å². The molecule has 0 N–H and O–H groups in total. The van der Waals surface area contributed by atoms with Gasteiger partial charge in [0.25, 0.3) is 0 Å². The van der Waals surface area contributed by atoms with Gasteiger partial charge in [0.15, 0.2) is 0 Å². The van der Waals surface area contributed by atoms with Gasteiger partial charge in [-0.25, -0.2) is 4.98 Å². The average molecular weight is 292 g/mol. The molecule has 0 spiro atoms. The first-order chi connectivity index (χ1) is 10.5. The normalized spacial score (nSPS) is 11.8. The minimum absolute atomic E-state index is 0.495. The number of hydrogen-bond donors (Lipinski definition) is 0. The van der Waals surface area contributed by atoms with Crippen LogP contribution in [0.3, 0.4) is 0 Å². The number of aromatic nitrogens is 2. The molecule has 0 amide bonds. The number of aryl methyl sites for hydroxylation is 1. The molecule has 3 aromatic rings. The van der Waals surface area contributed by atoms with E-state index in [4.69, 9.17) is 0 Å². The Morgan fingerprint density at radius 1 is 0.955 bits per heavy atom. The van der Waals surface area contributed by atoms with E-state index in [1.54, 1.807) is 0 Å². The first kappa shape index (κ1) is 14.8. The van der Waals surface area contributed by atoms with Gasteiger partial charge < -0.3 is 0 Å². The van der Waals surface area contributed by atoms with Crippen LogP contribution in [0.2, 0.25) is 0 Å². The van der Waals surface area contributed by atoms with Crippen molar-refractivity contribution in [1.29, 1.82) is 0 Å². The molecule has 0 aliphatic heterocycles. The molecular weight excluding hydrogens is 268 g/mol. The predicted octanol–water partition coefficient (Wildman–Crippen LogP) is 5.56. The summed E-state index contributed by atoms with van der Waals surface area (Å²) in [7, 11) is 0. The molecule has 0 fully saturated rings. The van der Waals surface area contributed by atoms with Gasteiger partial charge in [0.2, 0.25) is 0 Å². The SMILES string of the molecule is Cc1cccc(-c2cnc3ccc(C(C)C)cn23)c1C(C)C. The van der Waals surface area contributed by atoms with Crippen LogP contribution in [-0.4, -0.2) is 9.38 Å². The monoisotopic (exact) mass is 292 g/mol. The third-order valence-corrected chi connectivity index (χ3v) is 4.37. The van der Waals surface area contributed by atoms with Gasteiger partial charge in [-0.1, -0.05) is 52.0 Å². The van der Waals surface area contributed by atoms with Gasteiger partial charge in [-0.3, -0.25) is 4.40 Å². The fourth-order valence-corrected chi connectivity index (χ4v) is 3.21. The smallest absolute Gasteiger partial charge is 0.137 e. The van der Waals surface area contributed by atoms with E-state index in [-0.39, 0.29) is 0 Å². The topological polar surface area (TPSA) is 17.3 Å². The van der Waals surface area contributed by atoms with Gasteiger partial charge in [-0.2, -0.15) is 0 Å². The molecule has 114 valence electrons. The van der Waals surface area contributed by atoms with Crippen molar-refractivity contribution in [3.8, 4) is 11.3 Å². The summed E-state index contributed by atoms with van der Waals surface area (Å²) in [6.45, 7) is 11.2. The molecule has 2 nitrogen and oxygen atoms in total. The van der Waals surface area contributed by atoms with Gasteiger partial charge >= 0.3 is 0 Å². The second kappa shape index (κ2) is 5.60. The van der Waals surface area contributed by atoms with E-state index >= 15 is 0 Å². The summed E-state index contributed by atoms with van der Waals surface area (Å²) in [4.78, 5) is 4.59. The van der Waals surface area contributed by atoms with Gasteiger partial charge in [0, 0.05) is 11.8 Å². The van der Waals surface area contributed by atoms with Gasteiger partial charge in [0.1, 0.15) is 5.65 Å². The summed E-state index contributed by atoms with van der Waals surface area (Å²) >= 11 is 0. The van der Waals surface area contributed by atoms with E-state index in [1.807, 2.05) is 6.20 Å². The molecule has 1 aromatic carbocycles. The lowest BCUT2D eigenvalue weighted by atomic mass is 9.91. The van der Waals surface area contributed by atoms with E-state index in [2.05, 4.69) is 80.5 Å². The van der Waals surface area contributed by atoms with Crippen molar-refractivity contribution in [1.82, 2.24) is 9.38 Å². The molecule has 3 rings (SSSR count). The van der Waals surface area contributed by atoms with Crippen LogP contribution in [-0.2, 0) is 0 Å². The first-order valence-corrected chi connectivity index (χ1v) is 8.06. The highest BCUT2D eigenvalue weighted by molar-refractivity contribution is 5.69. The summed E-state index contributed by atoms with van der Waals surface area (Å²) in [5.74, 6) is 1.01. The zero-order chi connectivity index (χ0) is 15.9. The van der Waals surface area contributed by atoms with E-state index in [0.29, 0.717) is 11.8 Å². The predicted molar refractivity (Wildman–Crippen MR) is 93.5 cm³/mol. The van der Waals surface area contributed by atoms with Crippen LogP contribution in [0.5, 0.6) is 0 Å². The van der Waals surface area contributed by atoms with Crippen molar-refractivity contribution in [2.24, 2.45) is 0 Å².